The standard InChI is InChI=1S/C14H26N4O2S/c1-4-15-8-12-9-16-17-14(12)21(19,20)18-13-6-5-10(2)11(3)7-13/h9-11,13,15,18H,4-8H2,1-3H3,(H,16,17). The summed E-state index contributed by atoms with van der Waals surface area (Å²) >= 11 is 0. The molecule has 1 fully saturated rings. The molecule has 1 heterocycles. The summed E-state index contributed by atoms with van der Waals surface area (Å²) in [6.07, 6.45) is 4.45. The zero-order valence-electron chi connectivity index (χ0n) is 13.0. The van der Waals surface area contributed by atoms with Crippen molar-refractivity contribution in [1.29, 1.82) is 0 Å². The highest BCUT2D eigenvalue weighted by molar-refractivity contribution is 7.89. The molecular weight excluding hydrogens is 288 g/mol. The third-order valence-electron chi connectivity index (χ3n) is 4.43. The number of hydrogen-bond acceptors (Lipinski definition) is 4. The van der Waals surface area contributed by atoms with Crippen molar-refractivity contribution >= 4 is 10.0 Å². The molecule has 0 aromatic carbocycles. The first kappa shape index (κ1) is 16.5. The number of H-pyrrole nitrogens is 1. The minimum Gasteiger partial charge on any atom is -0.313 e. The van der Waals surface area contributed by atoms with E-state index in [0.29, 0.717) is 23.9 Å². The van der Waals surface area contributed by atoms with E-state index in [0.717, 1.165) is 25.8 Å². The predicted molar refractivity (Wildman–Crippen MR) is 82.3 cm³/mol. The van der Waals surface area contributed by atoms with Crippen molar-refractivity contribution in [3.05, 3.63) is 11.8 Å². The molecule has 1 saturated carbocycles. The molecule has 0 amide bonds. The van der Waals surface area contributed by atoms with Gasteiger partial charge in [0, 0.05) is 18.2 Å². The lowest BCUT2D eigenvalue weighted by atomic mass is 9.79. The molecule has 2 rings (SSSR count). The summed E-state index contributed by atoms with van der Waals surface area (Å²) in [5.41, 5.74) is 0.682. The topological polar surface area (TPSA) is 86.9 Å². The Kier molecular flexibility index (Phi) is 5.40. The van der Waals surface area contributed by atoms with E-state index in [1.807, 2.05) is 6.92 Å². The van der Waals surface area contributed by atoms with Gasteiger partial charge in [-0.3, -0.25) is 5.10 Å². The van der Waals surface area contributed by atoms with E-state index in [2.05, 4.69) is 34.1 Å². The van der Waals surface area contributed by atoms with Crippen LogP contribution in [0.1, 0.15) is 45.6 Å². The summed E-state index contributed by atoms with van der Waals surface area (Å²) in [6.45, 7) is 7.70. The van der Waals surface area contributed by atoms with Crippen LogP contribution >= 0.6 is 0 Å². The molecule has 0 saturated heterocycles. The van der Waals surface area contributed by atoms with Crippen LogP contribution in [0, 0.1) is 11.8 Å². The molecule has 0 aliphatic heterocycles. The summed E-state index contributed by atoms with van der Waals surface area (Å²) in [7, 11) is -3.53. The van der Waals surface area contributed by atoms with Crippen LogP contribution in [0.5, 0.6) is 0 Å². The summed E-state index contributed by atoms with van der Waals surface area (Å²) in [6, 6.07) is 0.0245. The number of rotatable bonds is 6. The lowest BCUT2D eigenvalue weighted by Crippen LogP contribution is -2.40. The highest BCUT2D eigenvalue weighted by Gasteiger charge is 2.29. The third-order valence-corrected chi connectivity index (χ3v) is 5.97. The second-order valence-electron chi connectivity index (χ2n) is 6.09. The molecule has 0 spiro atoms. The van der Waals surface area contributed by atoms with Gasteiger partial charge in [0.15, 0.2) is 5.03 Å². The molecular formula is C14H26N4O2S. The molecule has 1 aliphatic carbocycles. The molecule has 120 valence electrons. The van der Waals surface area contributed by atoms with Gasteiger partial charge in [0.25, 0.3) is 10.0 Å². The largest absolute Gasteiger partial charge is 0.313 e. The van der Waals surface area contributed by atoms with Gasteiger partial charge in [0.2, 0.25) is 0 Å². The zero-order chi connectivity index (χ0) is 15.5. The van der Waals surface area contributed by atoms with Crippen LogP contribution in [-0.2, 0) is 16.6 Å². The van der Waals surface area contributed by atoms with Gasteiger partial charge in [-0.1, -0.05) is 20.8 Å². The molecule has 1 aromatic rings. The Balaban J connectivity index is 2.06. The third kappa shape index (κ3) is 4.05. The number of hydrogen-bond donors (Lipinski definition) is 3. The Hall–Kier alpha value is -0.920. The van der Waals surface area contributed by atoms with Crippen molar-refractivity contribution in [2.24, 2.45) is 11.8 Å². The van der Waals surface area contributed by atoms with Gasteiger partial charge in [0.05, 0.1) is 6.20 Å². The second kappa shape index (κ2) is 6.89. The maximum atomic E-state index is 12.5. The van der Waals surface area contributed by atoms with E-state index in [1.54, 1.807) is 6.20 Å². The number of sulfonamides is 1. The highest BCUT2D eigenvalue weighted by atomic mass is 32.2. The van der Waals surface area contributed by atoms with Crippen molar-refractivity contribution in [1.82, 2.24) is 20.2 Å². The van der Waals surface area contributed by atoms with Crippen molar-refractivity contribution < 1.29 is 8.42 Å². The molecule has 0 bridgehead atoms. The smallest absolute Gasteiger partial charge is 0.258 e. The van der Waals surface area contributed by atoms with Gasteiger partial charge < -0.3 is 5.32 Å². The molecule has 21 heavy (non-hydrogen) atoms. The number of nitrogens with zero attached hydrogens (tertiary/aromatic N) is 1. The van der Waals surface area contributed by atoms with E-state index >= 15 is 0 Å². The van der Waals surface area contributed by atoms with Gasteiger partial charge in [-0.05, 0) is 37.6 Å². The number of aromatic amines is 1. The minimum atomic E-state index is -3.53. The monoisotopic (exact) mass is 314 g/mol. The Morgan fingerprint density at radius 1 is 1.33 bits per heavy atom. The zero-order valence-corrected chi connectivity index (χ0v) is 13.8. The Labute approximate surface area is 127 Å². The summed E-state index contributed by atoms with van der Waals surface area (Å²) in [4.78, 5) is 0. The van der Waals surface area contributed by atoms with Crippen molar-refractivity contribution in [2.45, 2.75) is 57.6 Å². The average molecular weight is 314 g/mol. The Morgan fingerprint density at radius 2 is 2.10 bits per heavy atom. The normalized spacial score (nSPS) is 26.9. The molecule has 3 unspecified atom stereocenters. The van der Waals surface area contributed by atoms with Gasteiger partial charge in [-0.15, -0.1) is 0 Å². The van der Waals surface area contributed by atoms with E-state index in [4.69, 9.17) is 0 Å². The average Bonchev–Trinajstić information content (AvgIpc) is 2.89. The highest BCUT2D eigenvalue weighted by Crippen LogP contribution is 2.30. The van der Waals surface area contributed by atoms with Crippen molar-refractivity contribution in [3.63, 3.8) is 0 Å². The summed E-state index contributed by atoms with van der Waals surface area (Å²) in [5.74, 6) is 1.22. The Bertz CT molecular complexity index is 555. The summed E-state index contributed by atoms with van der Waals surface area (Å²) in [5, 5.41) is 9.82. The fraction of sp³-hybridized carbons (Fsp3) is 0.786. The predicted octanol–water partition coefficient (Wildman–Crippen LogP) is 1.62. The van der Waals surface area contributed by atoms with Crippen LogP contribution < -0.4 is 10.0 Å². The summed E-state index contributed by atoms with van der Waals surface area (Å²) < 4.78 is 27.9. The van der Waals surface area contributed by atoms with Crippen LogP contribution in [0.25, 0.3) is 0 Å². The molecule has 7 heteroatoms. The first-order valence-electron chi connectivity index (χ1n) is 7.69. The number of nitrogens with one attached hydrogen (secondary N) is 3. The molecule has 6 nitrogen and oxygen atoms in total. The van der Waals surface area contributed by atoms with E-state index in [9.17, 15) is 8.42 Å². The van der Waals surface area contributed by atoms with Crippen molar-refractivity contribution in [3.8, 4) is 0 Å². The molecule has 1 aromatic heterocycles. The van der Waals surface area contributed by atoms with Crippen LogP contribution in [0.3, 0.4) is 0 Å². The van der Waals surface area contributed by atoms with Crippen molar-refractivity contribution in [2.75, 3.05) is 6.54 Å². The lowest BCUT2D eigenvalue weighted by Gasteiger charge is -2.32. The van der Waals surface area contributed by atoms with Crippen LogP contribution in [-0.4, -0.2) is 31.2 Å². The fourth-order valence-corrected chi connectivity index (χ4v) is 4.26. The SMILES string of the molecule is CCNCc1cn[nH]c1S(=O)(=O)NC1CCC(C)C(C)C1. The van der Waals surface area contributed by atoms with E-state index in [-0.39, 0.29) is 11.1 Å². The van der Waals surface area contributed by atoms with Gasteiger partial charge in [-0.2, -0.15) is 5.10 Å². The van der Waals surface area contributed by atoms with E-state index < -0.39 is 10.0 Å². The molecule has 3 N–H and O–H groups in total. The van der Waals surface area contributed by atoms with Gasteiger partial charge in [0.1, 0.15) is 0 Å². The first-order valence-corrected chi connectivity index (χ1v) is 9.17. The van der Waals surface area contributed by atoms with Gasteiger partial charge >= 0.3 is 0 Å². The van der Waals surface area contributed by atoms with Crippen LogP contribution in [0.15, 0.2) is 11.2 Å². The lowest BCUT2D eigenvalue weighted by molar-refractivity contribution is 0.241. The number of aromatic nitrogens is 2. The molecule has 0 radical (unpaired) electrons. The molecule has 1 aliphatic rings. The maximum Gasteiger partial charge on any atom is 0.258 e. The van der Waals surface area contributed by atoms with Crippen LogP contribution in [0.2, 0.25) is 0 Å². The fourth-order valence-electron chi connectivity index (χ4n) is 2.85. The van der Waals surface area contributed by atoms with Gasteiger partial charge in [-0.25, -0.2) is 13.1 Å². The quantitative estimate of drug-likeness (QED) is 0.744. The van der Waals surface area contributed by atoms with E-state index in [1.165, 1.54) is 0 Å². The Morgan fingerprint density at radius 3 is 2.76 bits per heavy atom. The maximum absolute atomic E-state index is 12.5. The van der Waals surface area contributed by atoms with Crippen LogP contribution in [0.4, 0.5) is 0 Å². The molecule has 3 atom stereocenters. The first-order chi connectivity index (χ1) is 9.94. The second-order valence-corrected chi connectivity index (χ2v) is 7.74. The minimum absolute atomic E-state index is 0.0245.